The summed E-state index contributed by atoms with van der Waals surface area (Å²) >= 11 is 0. The molecule has 27 heavy (non-hydrogen) atoms. The molecule has 1 N–H and O–H groups in total. The van der Waals surface area contributed by atoms with Crippen LogP contribution < -0.4 is 10.1 Å². The van der Waals surface area contributed by atoms with Crippen molar-refractivity contribution in [1.82, 2.24) is 9.78 Å². The maximum atomic E-state index is 12.5. The third-order valence-electron chi connectivity index (χ3n) is 4.10. The van der Waals surface area contributed by atoms with E-state index in [9.17, 15) is 4.79 Å². The molecule has 3 aromatic rings. The normalized spacial score (nSPS) is 11.4. The standard InChI is InChI=1S/C21H20N4O2/c1-16(27-19-10-6-5-9-18(19)15-22)21(26)24-20-11-13-23-25(20)14-12-17-7-3-2-4-8-17/h2-11,13,16H,12,14H2,1H3,(H,24,26). The van der Waals surface area contributed by atoms with Crippen LogP contribution in [-0.4, -0.2) is 21.8 Å². The maximum absolute atomic E-state index is 12.5. The highest BCUT2D eigenvalue weighted by Crippen LogP contribution is 2.19. The van der Waals surface area contributed by atoms with Crippen LogP contribution in [0, 0.1) is 11.3 Å². The van der Waals surface area contributed by atoms with Crippen molar-refractivity contribution < 1.29 is 9.53 Å². The van der Waals surface area contributed by atoms with E-state index in [1.54, 1.807) is 48.1 Å². The van der Waals surface area contributed by atoms with Crippen molar-refractivity contribution in [1.29, 1.82) is 5.26 Å². The molecule has 3 rings (SSSR count). The number of carbonyl (C=O) groups is 1. The summed E-state index contributed by atoms with van der Waals surface area (Å²) in [5.74, 6) is 0.699. The number of nitriles is 1. The van der Waals surface area contributed by atoms with Crippen LogP contribution in [0.2, 0.25) is 0 Å². The van der Waals surface area contributed by atoms with Crippen LogP contribution in [0.1, 0.15) is 18.1 Å². The number of nitrogens with one attached hydrogen (secondary N) is 1. The lowest BCUT2D eigenvalue weighted by Crippen LogP contribution is -2.31. The van der Waals surface area contributed by atoms with Crippen molar-refractivity contribution in [3.8, 4) is 11.8 Å². The van der Waals surface area contributed by atoms with Gasteiger partial charge in [0.15, 0.2) is 6.10 Å². The van der Waals surface area contributed by atoms with Crippen LogP contribution in [0.25, 0.3) is 0 Å². The van der Waals surface area contributed by atoms with Gasteiger partial charge in [0, 0.05) is 12.6 Å². The second-order valence-corrected chi connectivity index (χ2v) is 6.03. The molecular formula is C21H20N4O2. The van der Waals surface area contributed by atoms with E-state index >= 15 is 0 Å². The van der Waals surface area contributed by atoms with Gasteiger partial charge in [0.05, 0.1) is 11.8 Å². The van der Waals surface area contributed by atoms with Gasteiger partial charge in [-0.3, -0.25) is 4.79 Å². The Bertz CT molecular complexity index is 944. The van der Waals surface area contributed by atoms with Gasteiger partial charge in [-0.25, -0.2) is 4.68 Å². The molecule has 0 aliphatic carbocycles. The Balaban J connectivity index is 1.61. The summed E-state index contributed by atoms with van der Waals surface area (Å²) in [6.07, 6.45) is 1.71. The largest absolute Gasteiger partial charge is 0.480 e. The summed E-state index contributed by atoms with van der Waals surface area (Å²) in [5, 5.41) is 16.2. The molecule has 6 nitrogen and oxygen atoms in total. The summed E-state index contributed by atoms with van der Waals surface area (Å²) < 4.78 is 7.40. The SMILES string of the molecule is CC(Oc1ccccc1C#N)C(=O)Nc1ccnn1CCc1ccccc1. The Morgan fingerprint density at radius 2 is 1.93 bits per heavy atom. The number of amides is 1. The average molecular weight is 360 g/mol. The molecule has 1 aromatic heterocycles. The number of ether oxygens (including phenoxy) is 1. The van der Waals surface area contributed by atoms with Crippen LogP contribution in [0.4, 0.5) is 5.82 Å². The van der Waals surface area contributed by atoms with Gasteiger partial charge in [-0.15, -0.1) is 0 Å². The van der Waals surface area contributed by atoms with Crippen molar-refractivity contribution in [3.05, 3.63) is 78.0 Å². The van der Waals surface area contributed by atoms with Crippen molar-refractivity contribution in [3.63, 3.8) is 0 Å². The average Bonchev–Trinajstić information content (AvgIpc) is 3.14. The smallest absolute Gasteiger partial charge is 0.266 e. The van der Waals surface area contributed by atoms with E-state index in [0.717, 1.165) is 6.42 Å². The van der Waals surface area contributed by atoms with E-state index in [0.29, 0.717) is 23.7 Å². The summed E-state index contributed by atoms with van der Waals surface area (Å²) in [7, 11) is 0. The van der Waals surface area contributed by atoms with Gasteiger partial charge in [0.25, 0.3) is 5.91 Å². The highest BCUT2D eigenvalue weighted by molar-refractivity contribution is 5.93. The van der Waals surface area contributed by atoms with Gasteiger partial charge in [-0.1, -0.05) is 42.5 Å². The number of anilines is 1. The van der Waals surface area contributed by atoms with Crippen LogP contribution in [-0.2, 0) is 17.8 Å². The summed E-state index contributed by atoms with van der Waals surface area (Å²) in [6, 6.07) is 20.7. The molecule has 1 heterocycles. The van der Waals surface area contributed by atoms with Crippen LogP contribution in [0.5, 0.6) is 5.75 Å². The fourth-order valence-electron chi connectivity index (χ4n) is 2.63. The molecule has 1 unspecified atom stereocenters. The predicted molar refractivity (Wildman–Crippen MR) is 102 cm³/mol. The summed E-state index contributed by atoms with van der Waals surface area (Å²) in [4.78, 5) is 12.5. The van der Waals surface area contributed by atoms with Gasteiger partial charge in [-0.2, -0.15) is 10.4 Å². The van der Waals surface area contributed by atoms with Crippen LogP contribution in [0.3, 0.4) is 0 Å². The third kappa shape index (κ3) is 4.73. The monoisotopic (exact) mass is 360 g/mol. The van der Waals surface area contributed by atoms with E-state index in [1.807, 2.05) is 18.2 Å². The fourth-order valence-corrected chi connectivity index (χ4v) is 2.63. The van der Waals surface area contributed by atoms with Crippen molar-refractivity contribution in [2.75, 3.05) is 5.32 Å². The minimum atomic E-state index is -0.753. The number of rotatable bonds is 7. The van der Waals surface area contributed by atoms with E-state index in [4.69, 9.17) is 10.00 Å². The first kappa shape index (κ1) is 18.2. The molecule has 136 valence electrons. The molecule has 0 saturated carbocycles. The quantitative estimate of drug-likeness (QED) is 0.700. The van der Waals surface area contributed by atoms with E-state index in [2.05, 4.69) is 28.6 Å². The zero-order chi connectivity index (χ0) is 19.1. The van der Waals surface area contributed by atoms with E-state index in [1.165, 1.54) is 5.56 Å². The van der Waals surface area contributed by atoms with Crippen molar-refractivity contribution in [2.45, 2.75) is 26.0 Å². The zero-order valence-electron chi connectivity index (χ0n) is 15.0. The number of para-hydroxylation sites is 1. The maximum Gasteiger partial charge on any atom is 0.266 e. The van der Waals surface area contributed by atoms with Gasteiger partial charge in [0.1, 0.15) is 17.6 Å². The van der Waals surface area contributed by atoms with E-state index in [-0.39, 0.29) is 5.91 Å². The molecule has 0 spiro atoms. The zero-order valence-corrected chi connectivity index (χ0v) is 15.0. The minimum Gasteiger partial charge on any atom is -0.480 e. The number of hydrogen-bond donors (Lipinski definition) is 1. The minimum absolute atomic E-state index is 0.302. The summed E-state index contributed by atoms with van der Waals surface area (Å²) in [6.45, 7) is 2.30. The topological polar surface area (TPSA) is 79.9 Å². The number of nitrogens with zero attached hydrogens (tertiary/aromatic N) is 3. The Labute approximate surface area is 158 Å². The van der Waals surface area contributed by atoms with Crippen LogP contribution in [0.15, 0.2) is 66.9 Å². The van der Waals surface area contributed by atoms with E-state index < -0.39 is 6.10 Å². The molecule has 0 saturated heterocycles. The number of carbonyl (C=O) groups excluding carboxylic acids is 1. The molecule has 6 heteroatoms. The number of aromatic nitrogens is 2. The molecule has 1 amide bonds. The molecule has 0 radical (unpaired) electrons. The summed E-state index contributed by atoms with van der Waals surface area (Å²) in [5.41, 5.74) is 1.60. The number of aryl methyl sites for hydroxylation is 2. The molecule has 0 fully saturated rings. The lowest BCUT2D eigenvalue weighted by Gasteiger charge is -2.16. The molecular weight excluding hydrogens is 340 g/mol. The fraction of sp³-hybridized carbons (Fsp3) is 0.190. The number of benzene rings is 2. The Hall–Kier alpha value is -3.59. The van der Waals surface area contributed by atoms with Gasteiger partial charge < -0.3 is 10.1 Å². The van der Waals surface area contributed by atoms with Gasteiger partial charge in [-0.05, 0) is 31.0 Å². The van der Waals surface area contributed by atoms with Crippen molar-refractivity contribution >= 4 is 11.7 Å². The molecule has 0 aliphatic heterocycles. The lowest BCUT2D eigenvalue weighted by molar-refractivity contribution is -0.122. The van der Waals surface area contributed by atoms with Crippen LogP contribution >= 0.6 is 0 Å². The molecule has 2 aromatic carbocycles. The highest BCUT2D eigenvalue weighted by atomic mass is 16.5. The third-order valence-corrected chi connectivity index (χ3v) is 4.10. The first-order chi connectivity index (χ1) is 13.2. The highest BCUT2D eigenvalue weighted by Gasteiger charge is 2.18. The Kier molecular flexibility index (Phi) is 5.85. The predicted octanol–water partition coefficient (Wildman–Crippen LogP) is 3.40. The molecule has 0 aliphatic rings. The molecule has 1 atom stereocenters. The van der Waals surface area contributed by atoms with Crippen molar-refractivity contribution in [2.24, 2.45) is 0 Å². The Morgan fingerprint density at radius 1 is 1.19 bits per heavy atom. The first-order valence-corrected chi connectivity index (χ1v) is 8.70. The number of hydrogen-bond acceptors (Lipinski definition) is 4. The second kappa shape index (κ2) is 8.68. The second-order valence-electron chi connectivity index (χ2n) is 6.03. The lowest BCUT2D eigenvalue weighted by atomic mass is 10.1. The van der Waals surface area contributed by atoms with Gasteiger partial charge >= 0.3 is 0 Å². The molecule has 0 bridgehead atoms. The van der Waals surface area contributed by atoms with Gasteiger partial charge in [0.2, 0.25) is 0 Å². The Morgan fingerprint density at radius 3 is 2.70 bits per heavy atom. The first-order valence-electron chi connectivity index (χ1n) is 8.70.